The van der Waals surface area contributed by atoms with E-state index in [9.17, 15) is 29.7 Å². The summed E-state index contributed by atoms with van der Waals surface area (Å²) < 4.78 is 11.7. The van der Waals surface area contributed by atoms with Crippen molar-refractivity contribution in [3.05, 3.63) is 23.3 Å². The maximum Gasteiger partial charge on any atom is 0.311 e. The van der Waals surface area contributed by atoms with Crippen molar-refractivity contribution in [1.82, 2.24) is 0 Å². The fourth-order valence-corrected chi connectivity index (χ4v) is 7.54. The predicted molar refractivity (Wildman–Crippen MR) is 135 cm³/mol. The number of aliphatic hydroxyl groups excluding tert-OH is 2. The number of ketones is 1. The van der Waals surface area contributed by atoms with E-state index in [0.717, 1.165) is 0 Å². The van der Waals surface area contributed by atoms with E-state index in [0.29, 0.717) is 18.4 Å². The number of Topliss-reactive ketones (excluding diaryl/α,β-unsaturated/α-hetero) is 1. The Balaban J connectivity index is 1.88. The standard InChI is InChI=1S/C29H42O8/c1-9-10-19(30)37-28-13-16(3)27-12-15(2)21(31)29(27,35)22(32)17(14-36-24(34)25(4,5)6)11-18(23(27)33)20(28)26(28,7)8/h11-12,16,18,20-22,31-32,35H,9-10,13-14H2,1-8H3/t16-,18+,20-,21+,22-,27+,28+,29-/m1/s1. The topological polar surface area (TPSA) is 130 Å². The summed E-state index contributed by atoms with van der Waals surface area (Å²) >= 11 is 0. The SMILES string of the molecule is CCCC(=O)O[C@@]12C[C@@H](C)[C@]34C=C(C)[C@H](O)[C@@]3(O)[C@H](O)C(COC(=O)C(C)(C)C)=C[C@H](C4=O)[C@@H]1C2(C)C. The lowest BCUT2D eigenvalue weighted by molar-refractivity contribution is -0.192. The van der Waals surface area contributed by atoms with E-state index in [1.165, 1.54) is 0 Å². The third kappa shape index (κ3) is 3.54. The van der Waals surface area contributed by atoms with Gasteiger partial charge in [0, 0.05) is 23.7 Å². The van der Waals surface area contributed by atoms with Gasteiger partial charge in [0.25, 0.3) is 0 Å². The van der Waals surface area contributed by atoms with Crippen molar-refractivity contribution in [2.45, 2.75) is 98.1 Å². The van der Waals surface area contributed by atoms with Gasteiger partial charge in [-0.3, -0.25) is 14.4 Å². The Morgan fingerprint density at radius 3 is 2.35 bits per heavy atom. The number of esters is 2. The first kappa shape index (κ1) is 28.0. The number of aliphatic hydroxyl groups is 3. The molecule has 3 N–H and O–H groups in total. The molecule has 2 saturated carbocycles. The number of hydrogen-bond acceptors (Lipinski definition) is 8. The van der Waals surface area contributed by atoms with Crippen LogP contribution in [0.15, 0.2) is 23.3 Å². The van der Waals surface area contributed by atoms with E-state index in [1.807, 2.05) is 27.7 Å². The second-order valence-corrected chi connectivity index (χ2v) is 13.3. The Hall–Kier alpha value is -2.03. The summed E-state index contributed by atoms with van der Waals surface area (Å²) in [4.78, 5) is 39.8. The highest BCUT2D eigenvalue weighted by Gasteiger charge is 2.83. The summed E-state index contributed by atoms with van der Waals surface area (Å²) in [5.74, 6) is -2.94. The number of ether oxygens (including phenoxy) is 2. The molecular formula is C29H42O8. The Kier molecular flexibility index (Phi) is 6.42. The molecule has 8 nitrogen and oxygen atoms in total. The van der Waals surface area contributed by atoms with Gasteiger partial charge in [0.2, 0.25) is 0 Å². The molecule has 2 bridgehead atoms. The lowest BCUT2D eigenvalue weighted by atomic mass is 9.59. The summed E-state index contributed by atoms with van der Waals surface area (Å²) in [7, 11) is 0. The van der Waals surface area contributed by atoms with Gasteiger partial charge in [-0.05, 0) is 57.6 Å². The summed E-state index contributed by atoms with van der Waals surface area (Å²) in [5.41, 5.74) is -5.60. The first-order valence-electron chi connectivity index (χ1n) is 13.3. The Morgan fingerprint density at radius 2 is 1.78 bits per heavy atom. The third-order valence-corrected chi connectivity index (χ3v) is 9.60. The van der Waals surface area contributed by atoms with Crippen molar-refractivity contribution in [2.24, 2.45) is 34.0 Å². The Bertz CT molecular complexity index is 1080. The molecule has 4 rings (SSSR count). The van der Waals surface area contributed by atoms with Crippen LogP contribution in [0.5, 0.6) is 0 Å². The molecule has 206 valence electrons. The number of carbonyl (C=O) groups excluding carboxylic acids is 3. The number of allylic oxidation sites excluding steroid dienone is 1. The molecule has 4 aliphatic carbocycles. The minimum Gasteiger partial charge on any atom is -0.461 e. The van der Waals surface area contributed by atoms with Gasteiger partial charge >= 0.3 is 11.9 Å². The zero-order valence-corrected chi connectivity index (χ0v) is 23.3. The van der Waals surface area contributed by atoms with Gasteiger partial charge in [0.15, 0.2) is 5.78 Å². The van der Waals surface area contributed by atoms with E-state index in [1.54, 1.807) is 39.8 Å². The predicted octanol–water partition coefficient (Wildman–Crippen LogP) is 2.88. The molecule has 2 fully saturated rings. The summed E-state index contributed by atoms with van der Waals surface area (Å²) in [6, 6.07) is 0. The average Bonchev–Trinajstić information content (AvgIpc) is 3.20. The van der Waals surface area contributed by atoms with Crippen molar-refractivity contribution < 1.29 is 39.2 Å². The fraction of sp³-hybridized carbons (Fsp3) is 0.759. The van der Waals surface area contributed by atoms with Crippen LogP contribution in [-0.2, 0) is 23.9 Å². The second-order valence-electron chi connectivity index (χ2n) is 13.3. The van der Waals surface area contributed by atoms with E-state index in [2.05, 4.69) is 0 Å². The maximum atomic E-state index is 14.5. The molecule has 0 amide bonds. The molecule has 0 aromatic rings. The quantitative estimate of drug-likeness (QED) is 0.374. The van der Waals surface area contributed by atoms with Crippen LogP contribution in [0.2, 0.25) is 0 Å². The van der Waals surface area contributed by atoms with Crippen LogP contribution in [0.4, 0.5) is 0 Å². The molecule has 0 heterocycles. The van der Waals surface area contributed by atoms with Crippen LogP contribution >= 0.6 is 0 Å². The summed E-state index contributed by atoms with van der Waals surface area (Å²) in [5, 5.41) is 35.0. The highest BCUT2D eigenvalue weighted by atomic mass is 16.6. The molecule has 0 radical (unpaired) electrons. The summed E-state index contributed by atoms with van der Waals surface area (Å²) in [6.45, 7) is 14.1. The number of fused-ring (bicyclic) bond motifs is 3. The van der Waals surface area contributed by atoms with Gasteiger partial charge in [-0.1, -0.05) is 39.8 Å². The zero-order chi connectivity index (χ0) is 27.9. The molecule has 0 aliphatic heterocycles. The highest BCUT2D eigenvalue weighted by molar-refractivity contribution is 5.96. The van der Waals surface area contributed by atoms with E-state index in [-0.39, 0.29) is 30.4 Å². The van der Waals surface area contributed by atoms with Crippen molar-refractivity contribution in [3.63, 3.8) is 0 Å². The largest absolute Gasteiger partial charge is 0.461 e. The Labute approximate surface area is 219 Å². The number of hydrogen-bond donors (Lipinski definition) is 3. The minimum atomic E-state index is -2.27. The molecule has 0 aromatic heterocycles. The van der Waals surface area contributed by atoms with Gasteiger partial charge in [-0.25, -0.2) is 0 Å². The van der Waals surface area contributed by atoms with E-state index >= 15 is 0 Å². The van der Waals surface area contributed by atoms with Crippen LogP contribution in [0.3, 0.4) is 0 Å². The van der Waals surface area contributed by atoms with Crippen LogP contribution in [0.25, 0.3) is 0 Å². The van der Waals surface area contributed by atoms with Crippen LogP contribution in [-0.4, -0.2) is 63.1 Å². The molecule has 1 spiro atoms. The number of carbonyl (C=O) groups is 3. The van der Waals surface area contributed by atoms with Gasteiger partial charge in [0.1, 0.15) is 30.0 Å². The van der Waals surface area contributed by atoms with Crippen molar-refractivity contribution in [3.8, 4) is 0 Å². The normalized spacial score (nSPS) is 41.9. The van der Waals surface area contributed by atoms with Gasteiger partial charge in [-0.2, -0.15) is 0 Å². The summed E-state index contributed by atoms with van der Waals surface area (Å²) in [6.07, 6.45) is 1.23. The van der Waals surface area contributed by atoms with E-state index in [4.69, 9.17) is 9.47 Å². The molecular weight excluding hydrogens is 476 g/mol. The maximum absolute atomic E-state index is 14.5. The van der Waals surface area contributed by atoms with Crippen LogP contribution in [0, 0.1) is 34.0 Å². The average molecular weight is 519 g/mol. The first-order chi connectivity index (χ1) is 16.9. The molecule has 8 heteroatoms. The van der Waals surface area contributed by atoms with E-state index < -0.39 is 63.4 Å². The monoisotopic (exact) mass is 518 g/mol. The third-order valence-electron chi connectivity index (χ3n) is 9.60. The highest BCUT2D eigenvalue weighted by Crippen LogP contribution is 2.75. The minimum absolute atomic E-state index is 0.160. The van der Waals surface area contributed by atoms with Crippen molar-refractivity contribution in [2.75, 3.05) is 6.61 Å². The fourth-order valence-electron chi connectivity index (χ4n) is 7.54. The van der Waals surface area contributed by atoms with Gasteiger partial charge in [-0.15, -0.1) is 0 Å². The van der Waals surface area contributed by atoms with Gasteiger partial charge in [0.05, 0.1) is 10.8 Å². The van der Waals surface area contributed by atoms with Crippen LogP contribution in [0.1, 0.15) is 74.7 Å². The Morgan fingerprint density at radius 1 is 1.16 bits per heavy atom. The number of rotatable bonds is 5. The second kappa shape index (κ2) is 8.48. The van der Waals surface area contributed by atoms with Crippen molar-refractivity contribution >= 4 is 17.7 Å². The first-order valence-corrected chi connectivity index (χ1v) is 13.3. The molecule has 0 saturated heterocycles. The molecule has 8 atom stereocenters. The van der Waals surface area contributed by atoms with Crippen molar-refractivity contribution in [1.29, 1.82) is 0 Å². The zero-order valence-electron chi connectivity index (χ0n) is 23.3. The lowest BCUT2D eigenvalue weighted by Crippen LogP contribution is -2.65. The molecule has 4 aliphatic rings. The van der Waals surface area contributed by atoms with Gasteiger partial charge < -0.3 is 24.8 Å². The van der Waals surface area contributed by atoms with Crippen LogP contribution < -0.4 is 0 Å². The smallest absolute Gasteiger partial charge is 0.311 e. The molecule has 0 aromatic carbocycles. The lowest BCUT2D eigenvalue weighted by Gasteiger charge is -2.48. The molecule has 0 unspecified atom stereocenters. The molecule has 37 heavy (non-hydrogen) atoms.